The number of aromatic nitrogens is 2. The van der Waals surface area contributed by atoms with Gasteiger partial charge < -0.3 is 15.4 Å². The highest BCUT2D eigenvalue weighted by molar-refractivity contribution is 5.96. The fourth-order valence-corrected chi connectivity index (χ4v) is 2.30. The number of nitrogens with zero attached hydrogens (tertiary/aromatic N) is 2. The Morgan fingerprint density at radius 1 is 1.19 bits per heavy atom. The van der Waals surface area contributed by atoms with E-state index in [9.17, 15) is 18.4 Å². The molecule has 2 aromatic heterocycles. The quantitative estimate of drug-likeness (QED) is 0.773. The molecule has 27 heavy (non-hydrogen) atoms. The first kappa shape index (κ1) is 20.2. The molecular formula is C18H20F2N4O3. The zero-order valence-electron chi connectivity index (χ0n) is 15.2. The number of anilines is 1. The third-order valence-corrected chi connectivity index (χ3v) is 3.49. The van der Waals surface area contributed by atoms with Crippen molar-refractivity contribution < 1.29 is 23.1 Å². The van der Waals surface area contributed by atoms with Crippen LogP contribution in [0, 0.1) is 13.8 Å². The molecule has 0 aliphatic carbocycles. The van der Waals surface area contributed by atoms with Crippen LogP contribution >= 0.6 is 0 Å². The third-order valence-electron chi connectivity index (χ3n) is 3.49. The summed E-state index contributed by atoms with van der Waals surface area (Å²) >= 11 is 0. The fourth-order valence-electron chi connectivity index (χ4n) is 2.30. The van der Waals surface area contributed by atoms with Crippen molar-refractivity contribution in [3.05, 3.63) is 46.8 Å². The van der Waals surface area contributed by atoms with Crippen molar-refractivity contribution in [3.8, 4) is 5.88 Å². The van der Waals surface area contributed by atoms with Crippen LogP contribution in [0.25, 0.3) is 0 Å². The Morgan fingerprint density at radius 2 is 1.93 bits per heavy atom. The highest BCUT2D eigenvalue weighted by Crippen LogP contribution is 2.14. The summed E-state index contributed by atoms with van der Waals surface area (Å²) < 4.78 is 29.2. The minimum atomic E-state index is -2.57. The van der Waals surface area contributed by atoms with Gasteiger partial charge in [-0.15, -0.1) is 0 Å². The molecule has 0 bridgehead atoms. The number of carbonyl (C=O) groups excluding carboxylic acids is 2. The highest BCUT2D eigenvalue weighted by Gasteiger charge is 2.11. The number of nitrogens with one attached hydrogen (secondary N) is 2. The van der Waals surface area contributed by atoms with Crippen LogP contribution in [0.4, 0.5) is 14.6 Å². The van der Waals surface area contributed by atoms with Crippen molar-refractivity contribution in [2.45, 2.75) is 33.7 Å². The van der Waals surface area contributed by atoms with Crippen molar-refractivity contribution in [1.82, 2.24) is 15.3 Å². The van der Waals surface area contributed by atoms with E-state index in [1.54, 1.807) is 26.0 Å². The summed E-state index contributed by atoms with van der Waals surface area (Å²) in [6.45, 7) is 4.24. The van der Waals surface area contributed by atoms with Crippen LogP contribution in [0.3, 0.4) is 0 Å². The maximum absolute atomic E-state index is 12.4. The number of alkyl halides is 2. The predicted molar refractivity (Wildman–Crippen MR) is 94.9 cm³/mol. The van der Waals surface area contributed by atoms with E-state index in [0.717, 1.165) is 5.56 Å². The molecule has 0 aliphatic heterocycles. The smallest absolute Gasteiger partial charge is 0.272 e. The van der Waals surface area contributed by atoms with Gasteiger partial charge in [0.1, 0.15) is 5.82 Å². The average molecular weight is 378 g/mol. The van der Waals surface area contributed by atoms with E-state index in [-0.39, 0.29) is 24.2 Å². The van der Waals surface area contributed by atoms with Gasteiger partial charge in [-0.1, -0.05) is 6.07 Å². The molecule has 144 valence electrons. The van der Waals surface area contributed by atoms with Gasteiger partial charge in [0.05, 0.1) is 0 Å². The van der Waals surface area contributed by atoms with Crippen LogP contribution in [0.15, 0.2) is 24.3 Å². The van der Waals surface area contributed by atoms with Crippen molar-refractivity contribution in [2.24, 2.45) is 0 Å². The third kappa shape index (κ3) is 6.28. The molecule has 0 radical (unpaired) electrons. The minimum Gasteiger partial charge on any atom is -0.472 e. The van der Waals surface area contributed by atoms with E-state index >= 15 is 0 Å². The number of hydrogen-bond donors (Lipinski definition) is 2. The van der Waals surface area contributed by atoms with Gasteiger partial charge in [0, 0.05) is 36.5 Å². The molecule has 2 N–H and O–H groups in total. The molecular weight excluding hydrogens is 358 g/mol. The topological polar surface area (TPSA) is 93.2 Å². The number of halogens is 2. The standard InChI is InChI=1S/C18H20F2N4O3/c1-10-6-14(7-16(22-10)24-12(3)25)18(26)21-8-13-4-5-17(23-11(13)2)27-9-15(19)20/h4-7,15H,8-9H2,1-3H3,(H,21,26)(H,22,24,25). The molecule has 0 aromatic carbocycles. The minimum absolute atomic E-state index is 0.104. The summed E-state index contributed by atoms with van der Waals surface area (Å²) in [6.07, 6.45) is -2.57. The molecule has 0 saturated heterocycles. The van der Waals surface area contributed by atoms with Gasteiger partial charge in [0.2, 0.25) is 11.8 Å². The van der Waals surface area contributed by atoms with Crippen LogP contribution in [-0.2, 0) is 11.3 Å². The molecule has 0 fully saturated rings. The van der Waals surface area contributed by atoms with E-state index in [2.05, 4.69) is 20.6 Å². The van der Waals surface area contributed by atoms with Gasteiger partial charge in [0.15, 0.2) is 6.61 Å². The first-order valence-corrected chi connectivity index (χ1v) is 8.16. The number of pyridine rings is 2. The molecule has 0 atom stereocenters. The molecule has 2 rings (SSSR count). The average Bonchev–Trinajstić information content (AvgIpc) is 2.57. The van der Waals surface area contributed by atoms with E-state index in [0.29, 0.717) is 22.8 Å². The van der Waals surface area contributed by atoms with Gasteiger partial charge in [-0.25, -0.2) is 18.7 Å². The Balaban J connectivity index is 2.03. The Hall–Kier alpha value is -3.10. The maximum atomic E-state index is 12.4. The lowest BCUT2D eigenvalue weighted by molar-refractivity contribution is -0.114. The van der Waals surface area contributed by atoms with Crippen molar-refractivity contribution >= 4 is 17.6 Å². The highest BCUT2D eigenvalue weighted by atomic mass is 19.3. The lowest BCUT2D eigenvalue weighted by Crippen LogP contribution is -2.24. The predicted octanol–water partition coefficient (Wildman–Crippen LogP) is 2.63. The SMILES string of the molecule is CC(=O)Nc1cc(C(=O)NCc2ccc(OCC(F)F)nc2C)cc(C)n1. The molecule has 7 nitrogen and oxygen atoms in total. The van der Waals surface area contributed by atoms with Crippen molar-refractivity contribution in [3.63, 3.8) is 0 Å². The first-order valence-electron chi connectivity index (χ1n) is 8.16. The first-order chi connectivity index (χ1) is 12.7. The van der Waals surface area contributed by atoms with Crippen LogP contribution in [-0.4, -0.2) is 34.8 Å². The molecule has 0 aliphatic rings. The van der Waals surface area contributed by atoms with E-state index < -0.39 is 13.0 Å². The van der Waals surface area contributed by atoms with Crippen molar-refractivity contribution in [1.29, 1.82) is 0 Å². The van der Waals surface area contributed by atoms with Crippen LogP contribution < -0.4 is 15.4 Å². The lowest BCUT2D eigenvalue weighted by atomic mass is 10.1. The largest absolute Gasteiger partial charge is 0.472 e. The monoisotopic (exact) mass is 378 g/mol. The number of hydrogen-bond acceptors (Lipinski definition) is 5. The van der Waals surface area contributed by atoms with Crippen LogP contribution in [0.1, 0.15) is 34.2 Å². The second kappa shape index (κ2) is 9.02. The Bertz CT molecular complexity index is 843. The summed E-state index contributed by atoms with van der Waals surface area (Å²) in [6, 6.07) is 6.22. The second-order valence-corrected chi connectivity index (χ2v) is 5.84. The number of rotatable bonds is 7. The summed E-state index contributed by atoms with van der Waals surface area (Å²) in [5.41, 5.74) is 2.23. The molecule has 2 aromatic rings. The normalized spacial score (nSPS) is 10.6. The Labute approximate surface area is 155 Å². The molecule has 2 heterocycles. The Kier molecular flexibility index (Phi) is 6.75. The summed E-state index contributed by atoms with van der Waals surface area (Å²) in [4.78, 5) is 31.8. The van der Waals surface area contributed by atoms with E-state index in [1.165, 1.54) is 19.1 Å². The maximum Gasteiger partial charge on any atom is 0.272 e. The molecule has 0 saturated carbocycles. The zero-order chi connectivity index (χ0) is 20.0. The summed E-state index contributed by atoms with van der Waals surface area (Å²) in [7, 11) is 0. The molecule has 9 heteroatoms. The molecule has 0 unspecified atom stereocenters. The summed E-state index contributed by atoms with van der Waals surface area (Å²) in [5.74, 6) is -0.224. The number of ether oxygens (including phenoxy) is 1. The number of aryl methyl sites for hydroxylation is 2. The van der Waals surface area contributed by atoms with Gasteiger partial charge in [-0.05, 0) is 31.5 Å². The second-order valence-electron chi connectivity index (χ2n) is 5.84. The van der Waals surface area contributed by atoms with E-state index in [1.807, 2.05) is 0 Å². The fraction of sp³-hybridized carbons (Fsp3) is 0.333. The lowest BCUT2D eigenvalue weighted by Gasteiger charge is -2.11. The van der Waals surface area contributed by atoms with Gasteiger partial charge in [-0.2, -0.15) is 0 Å². The van der Waals surface area contributed by atoms with Crippen molar-refractivity contribution in [2.75, 3.05) is 11.9 Å². The number of amides is 2. The molecule has 0 spiro atoms. The van der Waals surface area contributed by atoms with E-state index in [4.69, 9.17) is 4.74 Å². The molecule has 2 amide bonds. The van der Waals surface area contributed by atoms with Gasteiger partial charge in [-0.3, -0.25) is 9.59 Å². The summed E-state index contributed by atoms with van der Waals surface area (Å²) in [5, 5.41) is 5.30. The number of carbonyl (C=O) groups is 2. The van der Waals surface area contributed by atoms with Crippen LogP contribution in [0.5, 0.6) is 5.88 Å². The Morgan fingerprint density at radius 3 is 2.56 bits per heavy atom. The van der Waals surface area contributed by atoms with Gasteiger partial charge in [0.25, 0.3) is 12.3 Å². The van der Waals surface area contributed by atoms with Crippen LogP contribution in [0.2, 0.25) is 0 Å². The zero-order valence-corrected chi connectivity index (χ0v) is 15.2. The van der Waals surface area contributed by atoms with Gasteiger partial charge >= 0.3 is 0 Å².